The Morgan fingerprint density at radius 1 is 1.35 bits per heavy atom. The highest BCUT2D eigenvalue weighted by Crippen LogP contribution is 2.22. The standard InChI is InChI=1S/C10H7F4NO2/c11-8-3-7(4-15-6-16)1-2-9(8)17-5-10(12,13)14/h1-3H,4-5H2. The van der Waals surface area contributed by atoms with Gasteiger partial charge in [0.25, 0.3) is 0 Å². The van der Waals surface area contributed by atoms with E-state index in [0.29, 0.717) is 5.56 Å². The second-order valence-electron chi connectivity index (χ2n) is 3.08. The number of halogens is 4. The van der Waals surface area contributed by atoms with Crippen LogP contribution in [0.1, 0.15) is 5.56 Å². The molecular formula is C10H7F4NO2. The van der Waals surface area contributed by atoms with E-state index in [1.54, 1.807) is 0 Å². The van der Waals surface area contributed by atoms with Crippen LogP contribution in [0.2, 0.25) is 0 Å². The topological polar surface area (TPSA) is 38.7 Å². The summed E-state index contributed by atoms with van der Waals surface area (Å²) < 4.78 is 52.9. The van der Waals surface area contributed by atoms with Crippen LogP contribution in [0.4, 0.5) is 17.6 Å². The maximum atomic E-state index is 13.2. The molecule has 0 saturated heterocycles. The molecule has 0 N–H and O–H groups in total. The zero-order valence-corrected chi connectivity index (χ0v) is 8.42. The summed E-state index contributed by atoms with van der Waals surface area (Å²) >= 11 is 0. The van der Waals surface area contributed by atoms with Crippen LogP contribution in [0.25, 0.3) is 0 Å². The van der Waals surface area contributed by atoms with Crippen LogP contribution in [0.5, 0.6) is 5.75 Å². The van der Waals surface area contributed by atoms with Gasteiger partial charge in [0.05, 0.1) is 6.54 Å². The smallest absolute Gasteiger partial charge is 0.422 e. The molecule has 0 aromatic heterocycles. The van der Waals surface area contributed by atoms with Crippen molar-refractivity contribution in [3.05, 3.63) is 29.6 Å². The maximum Gasteiger partial charge on any atom is 0.422 e. The van der Waals surface area contributed by atoms with E-state index in [1.165, 1.54) is 12.1 Å². The van der Waals surface area contributed by atoms with E-state index in [1.807, 2.05) is 0 Å². The molecule has 0 amide bonds. The number of benzene rings is 1. The van der Waals surface area contributed by atoms with Crippen LogP contribution in [0, 0.1) is 5.82 Å². The first kappa shape index (κ1) is 13.2. The molecule has 1 aromatic carbocycles. The summed E-state index contributed by atoms with van der Waals surface area (Å²) in [7, 11) is 0. The highest BCUT2D eigenvalue weighted by molar-refractivity contribution is 5.35. The third kappa shape index (κ3) is 4.65. The Bertz CT molecular complexity index is 438. The van der Waals surface area contributed by atoms with Gasteiger partial charge in [-0.2, -0.15) is 13.2 Å². The Labute approximate surface area is 93.7 Å². The van der Waals surface area contributed by atoms with Crippen LogP contribution in [0.15, 0.2) is 23.2 Å². The molecule has 0 spiro atoms. The maximum absolute atomic E-state index is 13.2. The van der Waals surface area contributed by atoms with Gasteiger partial charge in [0, 0.05) is 0 Å². The molecule has 3 nitrogen and oxygen atoms in total. The molecule has 1 rings (SSSR count). The fraction of sp³-hybridized carbons (Fsp3) is 0.300. The van der Waals surface area contributed by atoms with E-state index in [0.717, 1.165) is 12.1 Å². The minimum atomic E-state index is -4.52. The number of aliphatic imine (C=N–C) groups is 1. The average molecular weight is 249 g/mol. The van der Waals surface area contributed by atoms with Crippen LogP contribution in [-0.2, 0) is 11.3 Å². The van der Waals surface area contributed by atoms with Crippen molar-refractivity contribution in [1.29, 1.82) is 0 Å². The van der Waals surface area contributed by atoms with Gasteiger partial charge in [0.1, 0.15) is 0 Å². The van der Waals surface area contributed by atoms with Gasteiger partial charge < -0.3 is 4.74 Å². The molecule has 0 aliphatic heterocycles. The summed E-state index contributed by atoms with van der Waals surface area (Å²) in [5, 5.41) is 0. The second kappa shape index (κ2) is 5.45. The Balaban J connectivity index is 2.72. The summed E-state index contributed by atoms with van der Waals surface area (Å²) in [6.07, 6.45) is -3.25. The molecule has 0 aliphatic carbocycles. The normalized spacial score (nSPS) is 10.8. The van der Waals surface area contributed by atoms with Crippen molar-refractivity contribution in [2.24, 2.45) is 4.99 Å². The molecule has 0 heterocycles. The third-order valence-electron chi connectivity index (χ3n) is 1.71. The highest BCUT2D eigenvalue weighted by atomic mass is 19.4. The Hall–Kier alpha value is -1.88. The van der Waals surface area contributed by atoms with Crippen molar-refractivity contribution in [3.63, 3.8) is 0 Å². The summed E-state index contributed by atoms with van der Waals surface area (Å²) in [5.74, 6) is -1.44. The molecular weight excluding hydrogens is 242 g/mol. The SMILES string of the molecule is O=C=NCc1ccc(OCC(F)(F)F)c(F)c1. The predicted molar refractivity (Wildman–Crippen MR) is 49.8 cm³/mol. The predicted octanol–water partition coefficient (Wildman–Crippen LogP) is 2.60. The van der Waals surface area contributed by atoms with Gasteiger partial charge in [0.15, 0.2) is 18.2 Å². The van der Waals surface area contributed by atoms with E-state index in [4.69, 9.17) is 0 Å². The van der Waals surface area contributed by atoms with E-state index < -0.39 is 24.3 Å². The largest absolute Gasteiger partial charge is 0.481 e. The molecule has 92 valence electrons. The van der Waals surface area contributed by atoms with Crippen LogP contribution in [0.3, 0.4) is 0 Å². The lowest BCUT2D eigenvalue weighted by atomic mass is 10.2. The van der Waals surface area contributed by atoms with E-state index >= 15 is 0 Å². The summed E-state index contributed by atoms with van der Waals surface area (Å²) in [4.78, 5) is 13.0. The van der Waals surface area contributed by atoms with Crippen molar-refractivity contribution in [2.45, 2.75) is 12.7 Å². The van der Waals surface area contributed by atoms with Gasteiger partial charge in [-0.1, -0.05) is 6.07 Å². The van der Waals surface area contributed by atoms with Gasteiger partial charge in [-0.3, -0.25) is 0 Å². The molecule has 0 aliphatic rings. The molecule has 0 radical (unpaired) electrons. The first-order valence-electron chi connectivity index (χ1n) is 4.44. The van der Waals surface area contributed by atoms with E-state index in [2.05, 4.69) is 9.73 Å². The summed E-state index contributed by atoms with van der Waals surface area (Å²) in [6.45, 7) is -1.64. The third-order valence-corrected chi connectivity index (χ3v) is 1.71. The first-order valence-corrected chi connectivity index (χ1v) is 4.44. The summed E-state index contributed by atoms with van der Waals surface area (Å²) in [5.41, 5.74) is 0.338. The average Bonchev–Trinajstić information content (AvgIpc) is 2.23. The first-order chi connectivity index (χ1) is 7.92. The Kier molecular flexibility index (Phi) is 4.23. The fourth-order valence-corrected chi connectivity index (χ4v) is 1.04. The van der Waals surface area contributed by atoms with Gasteiger partial charge in [-0.05, 0) is 17.7 Å². The number of rotatable bonds is 4. The van der Waals surface area contributed by atoms with Gasteiger partial charge in [-0.15, -0.1) is 0 Å². The molecule has 0 saturated carbocycles. The number of hydrogen-bond donors (Lipinski definition) is 0. The van der Waals surface area contributed by atoms with Crippen molar-refractivity contribution in [2.75, 3.05) is 6.61 Å². The van der Waals surface area contributed by atoms with Crippen molar-refractivity contribution < 1.29 is 27.1 Å². The number of hydrogen-bond acceptors (Lipinski definition) is 3. The van der Waals surface area contributed by atoms with Gasteiger partial charge in [0.2, 0.25) is 6.08 Å². The molecule has 0 bridgehead atoms. The number of nitrogens with zero attached hydrogens (tertiary/aromatic N) is 1. The number of carbonyl (C=O) groups excluding carboxylic acids is 1. The van der Waals surface area contributed by atoms with Crippen LogP contribution in [-0.4, -0.2) is 18.9 Å². The number of isocyanates is 1. The van der Waals surface area contributed by atoms with Crippen molar-refractivity contribution in [3.8, 4) is 5.75 Å². The monoisotopic (exact) mass is 249 g/mol. The van der Waals surface area contributed by atoms with E-state index in [-0.39, 0.29) is 6.54 Å². The minimum Gasteiger partial charge on any atom is -0.481 e. The Morgan fingerprint density at radius 2 is 2.06 bits per heavy atom. The number of ether oxygens (including phenoxy) is 1. The molecule has 17 heavy (non-hydrogen) atoms. The van der Waals surface area contributed by atoms with Crippen molar-refractivity contribution >= 4 is 6.08 Å². The van der Waals surface area contributed by atoms with Gasteiger partial charge in [-0.25, -0.2) is 14.2 Å². The van der Waals surface area contributed by atoms with Gasteiger partial charge >= 0.3 is 6.18 Å². The molecule has 7 heteroatoms. The zero-order chi connectivity index (χ0) is 12.9. The summed E-state index contributed by atoms with van der Waals surface area (Å²) in [6, 6.07) is 3.32. The number of alkyl halides is 3. The molecule has 0 fully saturated rings. The Morgan fingerprint density at radius 3 is 2.59 bits per heavy atom. The lowest BCUT2D eigenvalue weighted by molar-refractivity contribution is -0.153. The zero-order valence-electron chi connectivity index (χ0n) is 8.42. The quantitative estimate of drug-likeness (QED) is 0.467. The minimum absolute atomic E-state index is 0.0834. The van der Waals surface area contributed by atoms with Crippen LogP contribution >= 0.6 is 0 Å². The molecule has 0 atom stereocenters. The lowest BCUT2D eigenvalue weighted by Crippen LogP contribution is -2.19. The van der Waals surface area contributed by atoms with Crippen molar-refractivity contribution in [1.82, 2.24) is 0 Å². The second-order valence-corrected chi connectivity index (χ2v) is 3.08. The van der Waals surface area contributed by atoms with E-state index in [9.17, 15) is 22.4 Å². The van der Waals surface area contributed by atoms with Crippen LogP contribution < -0.4 is 4.74 Å². The molecule has 1 aromatic rings. The molecule has 0 unspecified atom stereocenters. The lowest BCUT2D eigenvalue weighted by Gasteiger charge is -2.10. The fourth-order valence-electron chi connectivity index (χ4n) is 1.04. The highest BCUT2D eigenvalue weighted by Gasteiger charge is 2.28.